The highest BCUT2D eigenvalue weighted by Crippen LogP contribution is 2.24. The van der Waals surface area contributed by atoms with Gasteiger partial charge in [-0.1, -0.05) is 0 Å². The summed E-state index contributed by atoms with van der Waals surface area (Å²) in [6, 6.07) is 3.44. The Kier molecular flexibility index (Phi) is 2.98. The molecule has 0 amide bonds. The van der Waals surface area contributed by atoms with Crippen LogP contribution in [0.3, 0.4) is 0 Å². The second-order valence-electron chi connectivity index (χ2n) is 3.76. The van der Waals surface area contributed by atoms with Gasteiger partial charge in [-0.15, -0.1) is 0 Å². The highest BCUT2D eigenvalue weighted by molar-refractivity contribution is 5.22. The van der Waals surface area contributed by atoms with Crippen LogP contribution in [0.25, 0.3) is 0 Å². The quantitative estimate of drug-likeness (QED) is 0.770. The van der Waals surface area contributed by atoms with E-state index in [1.165, 1.54) is 6.07 Å². The molecule has 1 heterocycles. The molecule has 82 valence electrons. The molecular weight excluding hydrogens is 200 g/mol. The van der Waals surface area contributed by atoms with Gasteiger partial charge in [-0.2, -0.15) is 0 Å². The molecule has 1 fully saturated rings. The van der Waals surface area contributed by atoms with Gasteiger partial charge in [0.15, 0.2) is 0 Å². The van der Waals surface area contributed by atoms with Gasteiger partial charge in [0.1, 0.15) is 11.6 Å². The van der Waals surface area contributed by atoms with Crippen molar-refractivity contribution in [2.45, 2.75) is 19.1 Å². The predicted octanol–water partition coefficient (Wildman–Crippen LogP) is 2.01. The molecule has 0 aliphatic carbocycles. The van der Waals surface area contributed by atoms with Crippen LogP contribution < -0.4 is 5.32 Å². The number of hydrogen-bond acceptors (Lipinski definition) is 2. The highest BCUT2D eigenvalue weighted by Gasteiger charge is 2.23. The van der Waals surface area contributed by atoms with E-state index in [1.54, 1.807) is 0 Å². The van der Waals surface area contributed by atoms with Crippen molar-refractivity contribution in [1.82, 2.24) is 5.32 Å². The summed E-state index contributed by atoms with van der Waals surface area (Å²) in [5.41, 5.74) is 0.286. The molecule has 15 heavy (non-hydrogen) atoms. The number of hydrogen-bond donors (Lipinski definition) is 1. The summed E-state index contributed by atoms with van der Waals surface area (Å²) in [7, 11) is 0. The van der Waals surface area contributed by atoms with Crippen LogP contribution in [-0.4, -0.2) is 19.2 Å². The lowest BCUT2D eigenvalue weighted by Gasteiger charge is -2.29. The zero-order valence-corrected chi connectivity index (χ0v) is 8.47. The van der Waals surface area contributed by atoms with Crippen LogP contribution in [0.1, 0.15) is 18.6 Å². The first-order valence-electron chi connectivity index (χ1n) is 4.98. The third kappa shape index (κ3) is 2.33. The van der Waals surface area contributed by atoms with Crippen molar-refractivity contribution in [3.05, 3.63) is 35.4 Å². The summed E-state index contributed by atoms with van der Waals surface area (Å²) in [6.45, 7) is 3.16. The average molecular weight is 213 g/mol. The molecule has 0 radical (unpaired) electrons. The molecule has 0 spiro atoms. The molecular formula is C11H13F2NO. The number of benzene rings is 1. The summed E-state index contributed by atoms with van der Waals surface area (Å²) in [6.07, 6.45) is -0.379. The lowest BCUT2D eigenvalue weighted by atomic mass is 10.1. The smallest absolute Gasteiger partial charge is 0.129 e. The Morgan fingerprint density at radius 2 is 2.13 bits per heavy atom. The molecule has 1 N–H and O–H groups in total. The largest absolute Gasteiger partial charge is 0.368 e. The molecule has 2 nitrogen and oxygen atoms in total. The first-order valence-corrected chi connectivity index (χ1v) is 4.98. The Labute approximate surface area is 87.2 Å². The van der Waals surface area contributed by atoms with E-state index in [2.05, 4.69) is 5.32 Å². The van der Waals surface area contributed by atoms with E-state index in [1.807, 2.05) is 6.92 Å². The van der Waals surface area contributed by atoms with Crippen LogP contribution in [0.4, 0.5) is 8.78 Å². The predicted molar refractivity (Wildman–Crippen MR) is 52.5 cm³/mol. The molecule has 4 heteroatoms. The molecule has 0 bridgehead atoms. The fourth-order valence-corrected chi connectivity index (χ4v) is 1.74. The molecule has 2 rings (SSSR count). The normalized spacial score (nSPS) is 26.6. The summed E-state index contributed by atoms with van der Waals surface area (Å²) in [4.78, 5) is 0. The molecule has 2 unspecified atom stereocenters. The lowest BCUT2D eigenvalue weighted by molar-refractivity contribution is -0.0304. The van der Waals surface area contributed by atoms with Crippen LogP contribution in [-0.2, 0) is 4.74 Å². The Morgan fingerprint density at radius 1 is 1.33 bits per heavy atom. The first-order chi connectivity index (χ1) is 7.16. The number of halogens is 2. The standard InChI is InChI=1S/C11H13F2NO/c1-7-5-14-6-11(15-7)9-4-8(12)2-3-10(9)13/h2-4,7,11,14H,5-6H2,1H3. The van der Waals surface area contributed by atoms with Crippen LogP contribution in [0.2, 0.25) is 0 Å². The van der Waals surface area contributed by atoms with Gasteiger partial charge in [0.05, 0.1) is 12.2 Å². The lowest BCUT2D eigenvalue weighted by Crippen LogP contribution is -2.39. The Balaban J connectivity index is 2.24. The SMILES string of the molecule is CC1CNCC(c2cc(F)ccc2F)O1. The van der Waals surface area contributed by atoms with Gasteiger partial charge in [-0.25, -0.2) is 8.78 Å². The van der Waals surface area contributed by atoms with E-state index in [0.29, 0.717) is 6.54 Å². The number of ether oxygens (including phenoxy) is 1. The topological polar surface area (TPSA) is 21.3 Å². The zero-order chi connectivity index (χ0) is 10.8. The summed E-state index contributed by atoms with van der Waals surface area (Å²) >= 11 is 0. The van der Waals surface area contributed by atoms with E-state index < -0.39 is 17.7 Å². The maximum absolute atomic E-state index is 13.4. The molecule has 0 aromatic heterocycles. The molecule has 1 aliphatic rings. The van der Waals surface area contributed by atoms with Gasteiger partial charge in [0, 0.05) is 18.7 Å². The van der Waals surface area contributed by atoms with Gasteiger partial charge < -0.3 is 10.1 Å². The second kappa shape index (κ2) is 4.24. The Hall–Kier alpha value is -1.00. The van der Waals surface area contributed by atoms with E-state index in [0.717, 1.165) is 18.7 Å². The van der Waals surface area contributed by atoms with Gasteiger partial charge in [-0.05, 0) is 25.1 Å². The van der Waals surface area contributed by atoms with Crippen molar-refractivity contribution in [3.8, 4) is 0 Å². The molecule has 1 aliphatic heterocycles. The van der Waals surface area contributed by atoms with E-state index in [9.17, 15) is 8.78 Å². The number of morpholine rings is 1. The van der Waals surface area contributed by atoms with Crippen LogP contribution in [0.5, 0.6) is 0 Å². The third-order valence-corrected chi connectivity index (χ3v) is 2.46. The average Bonchev–Trinajstić information content (AvgIpc) is 2.22. The van der Waals surface area contributed by atoms with Crippen molar-refractivity contribution < 1.29 is 13.5 Å². The van der Waals surface area contributed by atoms with Gasteiger partial charge >= 0.3 is 0 Å². The van der Waals surface area contributed by atoms with Gasteiger partial charge in [-0.3, -0.25) is 0 Å². The molecule has 1 aromatic carbocycles. The molecule has 1 saturated heterocycles. The van der Waals surface area contributed by atoms with Gasteiger partial charge in [0.2, 0.25) is 0 Å². The van der Waals surface area contributed by atoms with Gasteiger partial charge in [0.25, 0.3) is 0 Å². The molecule has 1 aromatic rings. The minimum atomic E-state index is -0.437. The van der Waals surface area contributed by atoms with E-state index >= 15 is 0 Å². The third-order valence-electron chi connectivity index (χ3n) is 2.46. The van der Waals surface area contributed by atoms with Crippen LogP contribution in [0.15, 0.2) is 18.2 Å². The summed E-state index contributed by atoms with van der Waals surface area (Å²) in [5, 5.41) is 3.12. The van der Waals surface area contributed by atoms with Crippen molar-refractivity contribution in [1.29, 1.82) is 0 Å². The second-order valence-corrected chi connectivity index (χ2v) is 3.76. The Bertz CT molecular complexity index is 356. The van der Waals surface area contributed by atoms with Crippen molar-refractivity contribution in [2.24, 2.45) is 0 Å². The van der Waals surface area contributed by atoms with Crippen molar-refractivity contribution in [2.75, 3.05) is 13.1 Å². The molecule has 2 atom stereocenters. The zero-order valence-electron chi connectivity index (χ0n) is 8.47. The van der Waals surface area contributed by atoms with Crippen molar-refractivity contribution in [3.63, 3.8) is 0 Å². The maximum atomic E-state index is 13.4. The summed E-state index contributed by atoms with van der Waals surface area (Å²) < 4.78 is 31.9. The number of rotatable bonds is 1. The fourth-order valence-electron chi connectivity index (χ4n) is 1.74. The highest BCUT2D eigenvalue weighted by atomic mass is 19.1. The van der Waals surface area contributed by atoms with E-state index in [-0.39, 0.29) is 11.7 Å². The minimum absolute atomic E-state index is 0.0198. The van der Waals surface area contributed by atoms with E-state index in [4.69, 9.17) is 4.74 Å². The van der Waals surface area contributed by atoms with Crippen LogP contribution >= 0.6 is 0 Å². The fraction of sp³-hybridized carbons (Fsp3) is 0.455. The Morgan fingerprint density at radius 3 is 2.87 bits per heavy atom. The van der Waals surface area contributed by atoms with Crippen molar-refractivity contribution >= 4 is 0 Å². The monoisotopic (exact) mass is 213 g/mol. The first kappa shape index (κ1) is 10.5. The number of nitrogens with one attached hydrogen (secondary N) is 1. The summed E-state index contributed by atoms with van der Waals surface area (Å²) in [5.74, 6) is -0.856. The minimum Gasteiger partial charge on any atom is -0.368 e. The molecule has 0 saturated carbocycles. The maximum Gasteiger partial charge on any atom is 0.129 e. The van der Waals surface area contributed by atoms with Crippen LogP contribution in [0, 0.1) is 11.6 Å².